The van der Waals surface area contributed by atoms with E-state index in [9.17, 15) is 4.79 Å². The molecule has 0 bridgehead atoms. The number of halogens is 1. The summed E-state index contributed by atoms with van der Waals surface area (Å²) in [5.74, 6) is 0.232. The van der Waals surface area contributed by atoms with E-state index >= 15 is 0 Å². The Balaban J connectivity index is 2.00. The number of cyclic esters (lactones) is 1. The molecule has 0 atom stereocenters. The molecule has 0 aromatic heterocycles. The third-order valence-electron chi connectivity index (χ3n) is 3.59. The van der Waals surface area contributed by atoms with Crippen molar-refractivity contribution in [3.05, 3.63) is 81.4 Å². The largest absolute Gasteiger partial charge is 0.422 e. The summed E-state index contributed by atoms with van der Waals surface area (Å²) < 4.78 is 5.40. The summed E-state index contributed by atoms with van der Waals surface area (Å²) in [6.07, 6.45) is 3.52. The minimum atomic E-state index is -0.352. The van der Waals surface area contributed by atoms with E-state index in [1.807, 2.05) is 44.2 Å². The van der Waals surface area contributed by atoms with Crippen molar-refractivity contribution >= 4 is 29.4 Å². The van der Waals surface area contributed by atoms with Gasteiger partial charge in [0.1, 0.15) is 5.76 Å². The zero-order valence-corrected chi connectivity index (χ0v) is 13.1. The number of carbonyl (C=O) groups excluding carboxylic acids is 1. The number of hydrogen-bond donors (Lipinski definition) is 0. The van der Waals surface area contributed by atoms with Gasteiger partial charge in [-0.05, 0) is 43.2 Å². The second-order valence-electron chi connectivity index (χ2n) is 5.34. The molecule has 0 saturated carbocycles. The van der Waals surface area contributed by atoms with Crippen LogP contribution in [-0.4, -0.2) is 5.97 Å². The molecule has 1 aliphatic rings. The van der Waals surface area contributed by atoms with Gasteiger partial charge in [-0.2, -0.15) is 0 Å². The van der Waals surface area contributed by atoms with Crippen LogP contribution in [0, 0.1) is 13.8 Å². The van der Waals surface area contributed by atoms with Crippen LogP contribution in [0.1, 0.15) is 22.3 Å². The smallest absolute Gasteiger partial charge is 0.343 e. The number of ether oxygens (including phenoxy) is 1. The van der Waals surface area contributed by atoms with Gasteiger partial charge in [0, 0.05) is 10.6 Å². The molecule has 1 aliphatic heterocycles. The maximum atomic E-state index is 12.1. The van der Waals surface area contributed by atoms with Gasteiger partial charge in [-0.3, -0.25) is 0 Å². The van der Waals surface area contributed by atoms with Crippen LogP contribution in [0.25, 0.3) is 11.8 Å². The molecule has 0 saturated heterocycles. The standard InChI is InChI=1S/C19H15ClO2/c1-12-7-8-16(13(2)9-12)18-11-15(19(21)22-18)10-14-5-3-4-6-17(14)20/h3-11H,1-2H3/b15-10+. The predicted molar refractivity (Wildman–Crippen MR) is 89.4 cm³/mol. The highest BCUT2D eigenvalue weighted by molar-refractivity contribution is 6.32. The molecule has 110 valence electrons. The van der Waals surface area contributed by atoms with Crippen molar-refractivity contribution in [3.8, 4) is 0 Å². The number of carbonyl (C=O) groups is 1. The first-order chi connectivity index (χ1) is 10.5. The van der Waals surface area contributed by atoms with Crippen LogP contribution in [-0.2, 0) is 9.53 Å². The maximum Gasteiger partial charge on any atom is 0.343 e. The van der Waals surface area contributed by atoms with Crippen LogP contribution < -0.4 is 0 Å². The van der Waals surface area contributed by atoms with E-state index in [0.717, 1.165) is 16.7 Å². The van der Waals surface area contributed by atoms with Gasteiger partial charge in [0.05, 0.1) is 5.57 Å². The molecule has 0 radical (unpaired) electrons. The fourth-order valence-corrected chi connectivity index (χ4v) is 2.66. The van der Waals surface area contributed by atoms with E-state index < -0.39 is 0 Å². The monoisotopic (exact) mass is 310 g/mol. The SMILES string of the molecule is Cc1ccc(C2=C/C(=C\c3ccccc3Cl)C(=O)O2)c(C)c1. The van der Waals surface area contributed by atoms with Gasteiger partial charge < -0.3 is 4.74 Å². The molecular weight excluding hydrogens is 296 g/mol. The second kappa shape index (κ2) is 5.82. The highest BCUT2D eigenvalue weighted by Crippen LogP contribution is 2.30. The summed E-state index contributed by atoms with van der Waals surface area (Å²) in [5.41, 5.74) is 4.50. The quantitative estimate of drug-likeness (QED) is 0.580. The maximum absolute atomic E-state index is 12.1. The summed E-state index contributed by atoms with van der Waals surface area (Å²) in [7, 11) is 0. The van der Waals surface area contributed by atoms with Gasteiger partial charge >= 0.3 is 5.97 Å². The third kappa shape index (κ3) is 2.83. The normalized spacial score (nSPS) is 15.9. The summed E-state index contributed by atoms with van der Waals surface area (Å²) >= 11 is 6.13. The molecule has 2 nitrogen and oxygen atoms in total. The average molecular weight is 311 g/mol. The van der Waals surface area contributed by atoms with E-state index in [-0.39, 0.29) is 5.97 Å². The van der Waals surface area contributed by atoms with Crippen LogP contribution in [0.4, 0.5) is 0 Å². The Labute approximate surface area is 134 Å². The van der Waals surface area contributed by atoms with Crippen molar-refractivity contribution in [3.63, 3.8) is 0 Å². The molecular formula is C19H15ClO2. The molecule has 0 fully saturated rings. The molecule has 3 heteroatoms. The van der Waals surface area contributed by atoms with E-state index in [1.54, 1.807) is 18.2 Å². The molecule has 1 heterocycles. The molecule has 2 aromatic rings. The van der Waals surface area contributed by atoms with Crippen molar-refractivity contribution in [2.24, 2.45) is 0 Å². The van der Waals surface area contributed by atoms with Crippen LogP contribution in [0.3, 0.4) is 0 Å². The molecule has 0 amide bonds. The number of rotatable bonds is 2. The fraction of sp³-hybridized carbons (Fsp3) is 0.105. The molecule has 22 heavy (non-hydrogen) atoms. The summed E-state index contributed by atoms with van der Waals surface area (Å²) in [4.78, 5) is 12.1. The van der Waals surface area contributed by atoms with Gasteiger partial charge in [-0.25, -0.2) is 4.79 Å². The molecule has 3 rings (SSSR count). The first kappa shape index (κ1) is 14.6. The van der Waals surface area contributed by atoms with Crippen LogP contribution in [0.15, 0.2) is 54.1 Å². The van der Waals surface area contributed by atoms with Crippen molar-refractivity contribution < 1.29 is 9.53 Å². The van der Waals surface area contributed by atoms with Crippen molar-refractivity contribution in [1.82, 2.24) is 0 Å². The minimum Gasteiger partial charge on any atom is -0.422 e. The average Bonchev–Trinajstić information content (AvgIpc) is 2.82. The number of esters is 1. The highest BCUT2D eigenvalue weighted by Gasteiger charge is 2.23. The lowest BCUT2D eigenvalue weighted by Crippen LogP contribution is -1.98. The lowest BCUT2D eigenvalue weighted by molar-refractivity contribution is -0.130. The third-order valence-corrected chi connectivity index (χ3v) is 3.93. The van der Waals surface area contributed by atoms with Gasteiger partial charge in [0.15, 0.2) is 0 Å². The molecule has 0 unspecified atom stereocenters. The Morgan fingerprint density at radius 2 is 1.86 bits per heavy atom. The van der Waals surface area contributed by atoms with E-state index in [2.05, 4.69) is 6.07 Å². The number of benzene rings is 2. The Hall–Kier alpha value is -2.32. The van der Waals surface area contributed by atoms with Gasteiger partial charge in [0.2, 0.25) is 0 Å². The molecule has 0 aliphatic carbocycles. The molecule has 0 spiro atoms. The Bertz CT molecular complexity index is 816. The number of aryl methyl sites for hydroxylation is 2. The first-order valence-corrected chi connectivity index (χ1v) is 7.40. The fourth-order valence-electron chi connectivity index (χ4n) is 2.47. The summed E-state index contributed by atoms with van der Waals surface area (Å²) in [5, 5.41) is 0.608. The van der Waals surface area contributed by atoms with Gasteiger partial charge in [0.25, 0.3) is 0 Å². The highest BCUT2D eigenvalue weighted by atomic mass is 35.5. The predicted octanol–water partition coefficient (Wildman–Crippen LogP) is 4.94. The van der Waals surface area contributed by atoms with Crippen LogP contribution in [0.5, 0.6) is 0 Å². The Morgan fingerprint density at radius 3 is 2.59 bits per heavy atom. The minimum absolute atomic E-state index is 0.352. The molecule has 2 aromatic carbocycles. The zero-order chi connectivity index (χ0) is 15.7. The van der Waals surface area contributed by atoms with Crippen LogP contribution >= 0.6 is 11.6 Å². The van der Waals surface area contributed by atoms with Gasteiger partial charge in [-0.1, -0.05) is 53.6 Å². The second-order valence-corrected chi connectivity index (χ2v) is 5.74. The first-order valence-electron chi connectivity index (χ1n) is 7.02. The summed E-state index contributed by atoms with van der Waals surface area (Å²) in [6, 6.07) is 13.4. The van der Waals surface area contributed by atoms with Crippen molar-refractivity contribution in [1.29, 1.82) is 0 Å². The summed E-state index contributed by atoms with van der Waals surface area (Å²) in [6.45, 7) is 4.04. The number of hydrogen-bond acceptors (Lipinski definition) is 2. The van der Waals surface area contributed by atoms with E-state index in [1.165, 1.54) is 5.56 Å². The van der Waals surface area contributed by atoms with Crippen molar-refractivity contribution in [2.45, 2.75) is 13.8 Å². The Kier molecular flexibility index (Phi) is 3.86. The van der Waals surface area contributed by atoms with Crippen molar-refractivity contribution in [2.75, 3.05) is 0 Å². The lowest BCUT2D eigenvalue weighted by atomic mass is 10.0. The van der Waals surface area contributed by atoms with Crippen LogP contribution in [0.2, 0.25) is 5.02 Å². The van der Waals surface area contributed by atoms with Gasteiger partial charge in [-0.15, -0.1) is 0 Å². The molecule has 0 N–H and O–H groups in total. The lowest BCUT2D eigenvalue weighted by Gasteiger charge is -2.06. The Morgan fingerprint density at radius 1 is 1.09 bits per heavy atom. The topological polar surface area (TPSA) is 26.3 Å². The zero-order valence-electron chi connectivity index (χ0n) is 12.4. The van der Waals surface area contributed by atoms with E-state index in [4.69, 9.17) is 16.3 Å². The van der Waals surface area contributed by atoms with E-state index in [0.29, 0.717) is 16.4 Å².